The number of benzene rings is 2. The number of carbonyl (C=O) groups excluding carboxylic acids is 3. The molecule has 2 N–H and O–H groups in total. The zero-order chi connectivity index (χ0) is 27.6. The van der Waals surface area contributed by atoms with Gasteiger partial charge in [-0.1, -0.05) is 48.5 Å². The lowest BCUT2D eigenvalue weighted by Gasteiger charge is -2.39. The number of urea groups is 1. The molecule has 8 nitrogen and oxygen atoms in total. The van der Waals surface area contributed by atoms with Gasteiger partial charge in [-0.2, -0.15) is 0 Å². The minimum atomic E-state index is -0.587. The molecule has 0 saturated carbocycles. The minimum absolute atomic E-state index is 0.0319. The molecular weight excluding hydrogens is 490 g/mol. The molecule has 8 heteroatoms. The summed E-state index contributed by atoms with van der Waals surface area (Å²) in [6.45, 7) is 6.45. The molecular formula is C31H41N5O3. The second-order valence-electron chi connectivity index (χ2n) is 11.6. The number of likely N-dealkylation sites (N-methyl/N-ethyl adjacent to an activating group) is 1. The van der Waals surface area contributed by atoms with E-state index in [0.29, 0.717) is 39.0 Å². The van der Waals surface area contributed by atoms with E-state index in [0.717, 1.165) is 36.1 Å². The smallest absolute Gasteiger partial charge is 0.318 e. The van der Waals surface area contributed by atoms with E-state index in [1.54, 1.807) is 4.90 Å². The standard InChI is InChI=1S/C31H41N5O3/c1-31(2)25-11-7-8-12-27(25)36(29(31)38)24-16-19-34(20-17-24)28(37)26(14-13-22-9-5-4-6-10-22)33-30(39)35-18-15-23(21-35)32-3/h4-12,23-24,26,32H,13-21H2,1-3H3,(H,33,39). The number of nitrogens with one attached hydrogen (secondary N) is 2. The first-order valence-corrected chi connectivity index (χ1v) is 14.3. The van der Waals surface area contributed by atoms with Crippen molar-refractivity contribution in [2.45, 2.75) is 69.5 Å². The van der Waals surface area contributed by atoms with Gasteiger partial charge in [0.25, 0.3) is 0 Å². The van der Waals surface area contributed by atoms with Gasteiger partial charge < -0.3 is 25.3 Å². The Morgan fingerprint density at radius 2 is 1.62 bits per heavy atom. The number of carbonyl (C=O) groups is 3. The first-order chi connectivity index (χ1) is 18.8. The highest BCUT2D eigenvalue weighted by molar-refractivity contribution is 6.08. The van der Waals surface area contributed by atoms with Gasteiger partial charge in [0.2, 0.25) is 11.8 Å². The molecule has 2 fully saturated rings. The number of nitrogens with zero attached hydrogens (tertiary/aromatic N) is 3. The van der Waals surface area contributed by atoms with Crippen molar-refractivity contribution < 1.29 is 14.4 Å². The fraction of sp³-hybridized carbons (Fsp3) is 0.516. The first-order valence-electron chi connectivity index (χ1n) is 14.3. The summed E-state index contributed by atoms with van der Waals surface area (Å²) in [6.07, 6.45) is 3.61. The normalized spacial score (nSPS) is 21.7. The molecule has 208 valence electrons. The number of piperidine rings is 1. The highest BCUT2D eigenvalue weighted by Gasteiger charge is 2.47. The summed E-state index contributed by atoms with van der Waals surface area (Å²) in [6, 6.07) is 17.7. The molecule has 2 unspecified atom stereocenters. The zero-order valence-electron chi connectivity index (χ0n) is 23.4. The van der Waals surface area contributed by atoms with Gasteiger partial charge in [-0.15, -0.1) is 0 Å². The summed E-state index contributed by atoms with van der Waals surface area (Å²) in [7, 11) is 1.91. The Labute approximate surface area is 231 Å². The van der Waals surface area contributed by atoms with Crippen molar-refractivity contribution in [1.29, 1.82) is 0 Å². The molecule has 0 bridgehead atoms. The molecule has 3 heterocycles. The summed E-state index contributed by atoms with van der Waals surface area (Å²) < 4.78 is 0. The highest BCUT2D eigenvalue weighted by Crippen LogP contribution is 2.43. The lowest BCUT2D eigenvalue weighted by atomic mass is 9.86. The quantitative estimate of drug-likeness (QED) is 0.574. The lowest BCUT2D eigenvalue weighted by Crippen LogP contribution is -2.55. The number of anilines is 1. The summed E-state index contributed by atoms with van der Waals surface area (Å²) >= 11 is 0. The first kappa shape index (κ1) is 27.2. The maximum atomic E-state index is 13.8. The molecule has 0 aliphatic carbocycles. The molecule has 3 aliphatic heterocycles. The number of amides is 4. The van der Waals surface area contributed by atoms with Crippen molar-refractivity contribution in [1.82, 2.24) is 20.4 Å². The monoisotopic (exact) mass is 531 g/mol. The Morgan fingerprint density at radius 3 is 2.31 bits per heavy atom. The Hall–Kier alpha value is -3.39. The van der Waals surface area contributed by atoms with Crippen LogP contribution in [0.3, 0.4) is 0 Å². The molecule has 4 amide bonds. The van der Waals surface area contributed by atoms with Crippen molar-refractivity contribution in [3.05, 3.63) is 65.7 Å². The van der Waals surface area contributed by atoms with Gasteiger partial charge >= 0.3 is 6.03 Å². The van der Waals surface area contributed by atoms with Gasteiger partial charge in [0.05, 0.1) is 5.41 Å². The van der Waals surface area contributed by atoms with E-state index >= 15 is 0 Å². The Balaban J connectivity index is 1.25. The van der Waals surface area contributed by atoms with Crippen LogP contribution in [0.1, 0.15) is 50.7 Å². The van der Waals surface area contributed by atoms with E-state index in [1.807, 2.05) is 73.2 Å². The fourth-order valence-corrected chi connectivity index (χ4v) is 6.30. The molecule has 0 aromatic heterocycles. The molecule has 0 spiro atoms. The predicted octanol–water partition coefficient (Wildman–Crippen LogP) is 3.31. The van der Waals surface area contributed by atoms with Crippen molar-refractivity contribution in [2.75, 3.05) is 38.1 Å². The minimum Gasteiger partial charge on any atom is -0.341 e. The van der Waals surface area contributed by atoms with Gasteiger partial charge in [0, 0.05) is 44.0 Å². The SMILES string of the molecule is CNC1CCN(C(=O)NC(CCc2ccccc2)C(=O)N2CCC(N3C(=O)C(C)(C)c4ccccc43)CC2)C1. The lowest BCUT2D eigenvalue weighted by molar-refractivity contribution is -0.134. The molecule has 2 saturated heterocycles. The van der Waals surface area contributed by atoms with Crippen molar-refractivity contribution >= 4 is 23.5 Å². The number of aryl methyl sites for hydroxylation is 1. The third kappa shape index (κ3) is 5.53. The number of para-hydroxylation sites is 1. The van der Waals surface area contributed by atoms with Crippen LogP contribution in [0.15, 0.2) is 54.6 Å². The molecule has 0 radical (unpaired) electrons. The molecule has 2 aromatic rings. The molecule has 39 heavy (non-hydrogen) atoms. The summed E-state index contributed by atoms with van der Waals surface area (Å²) in [5, 5.41) is 6.31. The fourth-order valence-electron chi connectivity index (χ4n) is 6.30. The second kappa shape index (κ2) is 11.4. The Bertz CT molecular complexity index is 1190. The number of hydrogen-bond donors (Lipinski definition) is 2. The third-order valence-corrected chi connectivity index (χ3v) is 8.78. The van der Waals surface area contributed by atoms with Gasteiger partial charge in [0.1, 0.15) is 6.04 Å². The van der Waals surface area contributed by atoms with Crippen LogP contribution in [-0.4, -0.2) is 79.0 Å². The largest absolute Gasteiger partial charge is 0.341 e. The van der Waals surface area contributed by atoms with E-state index in [2.05, 4.69) is 22.8 Å². The van der Waals surface area contributed by atoms with Crippen LogP contribution in [0.25, 0.3) is 0 Å². The van der Waals surface area contributed by atoms with E-state index in [-0.39, 0.29) is 29.9 Å². The van der Waals surface area contributed by atoms with Crippen molar-refractivity contribution in [3.63, 3.8) is 0 Å². The molecule has 2 atom stereocenters. The Morgan fingerprint density at radius 1 is 0.949 bits per heavy atom. The van der Waals surface area contributed by atoms with E-state index in [4.69, 9.17) is 0 Å². The number of fused-ring (bicyclic) bond motifs is 1. The van der Waals surface area contributed by atoms with Crippen LogP contribution in [-0.2, 0) is 21.4 Å². The van der Waals surface area contributed by atoms with Crippen LogP contribution < -0.4 is 15.5 Å². The average molecular weight is 532 g/mol. The Kier molecular flexibility index (Phi) is 7.93. The van der Waals surface area contributed by atoms with Gasteiger partial charge in [-0.25, -0.2) is 4.79 Å². The number of rotatable bonds is 7. The molecule has 2 aromatic carbocycles. The summed E-state index contributed by atoms with van der Waals surface area (Å²) in [5.41, 5.74) is 2.67. The predicted molar refractivity (Wildman–Crippen MR) is 153 cm³/mol. The summed E-state index contributed by atoms with van der Waals surface area (Å²) in [4.78, 5) is 46.0. The summed E-state index contributed by atoms with van der Waals surface area (Å²) in [5.74, 6) is 0.0996. The van der Waals surface area contributed by atoms with Crippen LogP contribution in [0.5, 0.6) is 0 Å². The van der Waals surface area contributed by atoms with Crippen LogP contribution in [0.2, 0.25) is 0 Å². The van der Waals surface area contributed by atoms with Crippen molar-refractivity contribution in [3.8, 4) is 0 Å². The topological polar surface area (TPSA) is 85.0 Å². The third-order valence-electron chi connectivity index (χ3n) is 8.78. The van der Waals surface area contributed by atoms with Gasteiger partial charge in [0.15, 0.2) is 0 Å². The molecule has 3 aliphatic rings. The van der Waals surface area contributed by atoms with Crippen LogP contribution in [0, 0.1) is 0 Å². The number of likely N-dealkylation sites (tertiary alicyclic amines) is 2. The number of hydrogen-bond acceptors (Lipinski definition) is 4. The van der Waals surface area contributed by atoms with E-state index in [9.17, 15) is 14.4 Å². The zero-order valence-corrected chi connectivity index (χ0v) is 23.4. The van der Waals surface area contributed by atoms with E-state index in [1.165, 1.54) is 0 Å². The van der Waals surface area contributed by atoms with Gasteiger partial charge in [-0.05, 0) is 70.2 Å². The van der Waals surface area contributed by atoms with Gasteiger partial charge in [-0.3, -0.25) is 9.59 Å². The van der Waals surface area contributed by atoms with Crippen LogP contribution >= 0.6 is 0 Å². The van der Waals surface area contributed by atoms with Crippen LogP contribution in [0.4, 0.5) is 10.5 Å². The van der Waals surface area contributed by atoms with E-state index < -0.39 is 11.5 Å². The highest BCUT2D eigenvalue weighted by atomic mass is 16.2. The average Bonchev–Trinajstić information content (AvgIpc) is 3.52. The van der Waals surface area contributed by atoms with Crippen molar-refractivity contribution in [2.24, 2.45) is 0 Å². The maximum Gasteiger partial charge on any atom is 0.318 e. The maximum absolute atomic E-state index is 13.8. The second-order valence-corrected chi connectivity index (χ2v) is 11.6. The molecule has 5 rings (SSSR count).